The normalized spacial score (nSPS) is 26.5. The van der Waals surface area contributed by atoms with Crippen LogP contribution in [0.4, 0.5) is 5.69 Å². The molecule has 31 heavy (non-hydrogen) atoms. The molecule has 6 heteroatoms. The summed E-state index contributed by atoms with van der Waals surface area (Å²) < 4.78 is 6.12. The van der Waals surface area contributed by atoms with Crippen molar-refractivity contribution < 1.29 is 14.3 Å². The molecule has 1 amide bonds. The zero-order valence-corrected chi connectivity index (χ0v) is 18.4. The Kier molecular flexibility index (Phi) is 4.91. The van der Waals surface area contributed by atoms with E-state index in [9.17, 15) is 9.59 Å². The van der Waals surface area contributed by atoms with Gasteiger partial charge in [0.25, 0.3) is 0 Å². The number of amides is 1. The molecule has 1 spiro atoms. The van der Waals surface area contributed by atoms with Crippen LogP contribution in [0, 0.1) is 0 Å². The number of carbonyl (C=O) groups excluding carboxylic acids is 2. The highest BCUT2D eigenvalue weighted by Gasteiger charge is 2.66. The second kappa shape index (κ2) is 7.62. The highest BCUT2D eigenvalue weighted by atomic mass is 79.9. The lowest BCUT2D eigenvalue weighted by molar-refractivity contribution is -0.143. The standard InChI is InChI=1S/C25H21BrN2O3/c1-31-23(29)21-20(15-7-3-2-4-8-15)25(18-9-5-6-10-19(18)27-24(25)30)22(28-21)16-11-13-17(26)14-12-16/h2-14,20-22,28H,1H3,(H,27,30)/t20-,21+,22+,25+/m0/s1. The number of nitrogens with one attached hydrogen (secondary N) is 2. The van der Waals surface area contributed by atoms with E-state index >= 15 is 0 Å². The van der Waals surface area contributed by atoms with Crippen molar-refractivity contribution in [1.82, 2.24) is 5.32 Å². The number of para-hydroxylation sites is 1. The summed E-state index contributed by atoms with van der Waals surface area (Å²) in [5.41, 5.74) is 2.51. The van der Waals surface area contributed by atoms with Crippen LogP contribution in [0.2, 0.25) is 0 Å². The molecule has 2 aliphatic rings. The molecule has 3 aromatic carbocycles. The molecule has 0 saturated carbocycles. The van der Waals surface area contributed by atoms with E-state index in [0.29, 0.717) is 0 Å². The fraction of sp³-hybridized carbons (Fsp3) is 0.200. The molecule has 0 unspecified atom stereocenters. The van der Waals surface area contributed by atoms with Gasteiger partial charge < -0.3 is 10.1 Å². The van der Waals surface area contributed by atoms with Crippen molar-refractivity contribution in [3.05, 3.63) is 100 Å². The summed E-state index contributed by atoms with van der Waals surface area (Å²) in [6.45, 7) is 0. The maximum atomic E-state index is 13.8. The molecule has 5 nitrogen and oxygen atoms in total. The van der Waals surface area contributed by atoms with Gasteiger partial charge in [0.2, 0.25) is 5.91 Å². The molecule has 4 atom stereocenters. The Morgan fingerprint density at radius 3 is 2.32 bits per heavy atom. The predicted molar refractivity (Wildman–Crippen MR) is 122 cm³/mol. The Balaban J connectivity index is 1.81. The van der Waals surface area contributed by atoms with Gasteiger partial charge in [0.05, 0.1) is 13.2 Å². The molecule has 0 bridgehead atoms. The van der Waals surface area contributed by atoms with Crippen LogP contribution < -0.4 is 10.6 Å². The summed E-state index contributed by atoms with van der Waals surface area (Å²) in [7, 11) is 1.38. The maximum absolute atomic E-state index is 13.8. The van der Waals surface area contributed by atoms with Crippen LogP contribution in [0.15, 0.2) is 83.3 Å². The lowest BCUT2D eigenvalue weighted by atomic mass is 9.63. The molecule has 0 aliphatic carbocycles. The highest BCUT2D eigenvalue weighted by molar-refractivity contribution is 9.10. The molecule has 3 aromatic rings. The van der Waals surface area contributed by atoms with Crippen LogP contribution in [0.1, 0.15) is 28.7 Å². The van der Waals surface area contributed by atoms with Gasteiger partial charge in [0, 0.05) is 16.1 Å². The largest absolute Gasteiger partial charge is 0.468 e. The topological polar surface area (TPSA) is 67.4 Å². The second-order valence-electron chi connectivity index (χ2n) is 7.91. The highest BCUT2D eigenvalue weighted by Crippen LogP contribution is 2.59. The smallest absolute Gasteiger partial charge is 0.323 e. The third-order valence-electron chi connectivity index (χ3n) is 6.44. The Bertz CT molecular complexity index is 1150. The quantitative estimate of drug-likeness (QED) is 0.552. The molecular formula is C25H21BrN2O3. The van der Waals surface area contributed by atoms with E-state index in [1.54, 1.807) is 0 Å². The monoisotopic (exact) mass is 476 g/mol. The number of ether oxygens (including phenoxy) is 1. The van der Waals surface area contributed by atoms with E-state index < -0.39 is 23.4 Å². The van der Waals surface area contributed by atoms with Gasteiger partial charge in [-0.3, -0.25) is 14.9 Å². The number of carbonyl (C=O) groups is 2. The zero-order valence-electron chi connectivity index (χ0n) is 16.8. The summed E-state index contributed by atoms with van der Waals surface area (Å²) in [4.78, 5) is 26.8. The molecular weight excluding hydrogens is 456 g/mol. The Morgan fingerprint density at radius 2 is 1.61 bits per heavy atom. The first kappa shape index (κ1) is 20.0. The van der Waals surface area contributed by atoms with E-state index in [2.05, 4.69) is 26.6 Å². The first-order valence-electron chi connectivity index (χ1n) is 10.1. The minimum Gasteiger partial charge on any atom is -0.468 e. The van der Waals surface area contributed by atoms with E-state index in [1.807, 2.05) is 78.9 Å². The molecule has 156 valence electrons. The van der Waals surface area contributed by atoms with Gasteiger partial charge in [0.15, 0.2) is 0 Å². The van der Waals surface area contributed by atoms with Gasteiger partial charge in [-0.2, -0.15) is 0 Å². The van der Waals surface area contributed by atoms with Gasteiger partial charge in [-0.1, -0.05) is 76.6 Å². The van der Waals surface area contributed by atoms with Crippen LogP contribution in [0.3, 0.4) is 0 Å². The van der Waals surface area contributed by atoms with Gasteiger partial charge in [-0.15, -0.1) is 0 Å². The van der Waals surface area contributed by atoms with E-state index in [-0.39, 0.29) is 11.9 Å². The third-order valence-corrected chi connectivity index (χ3v) is 6.97. The van der Waals surface area contributed by atoms with E-state index in [0.717, 1.165) is 26.9 Å². The predicted octanol–water partition coefficient (Wildman–Crippen LogP) is 4.31. The molecule has 1 saturated heterocycles. The van der Waals surface area contributed by atoms with Crippen molar-refractivity contribution in [3.63, 3.8) is 0 Å². The summed E-state index contributed by atoms with van der Waals surface area (Å²) in [6.07, 6.45) is 0. The van der Waals surface area contributed by atoms with Gasteiger partial charge in [-0.05, 0) is 34.9 Å². The number of fused-ring (bicyclic) bond motifs is 2. The van der Waals surface area contributed by atoms with Crippen molar-refractivity contribution in [2.24, 2.45) is 0 Å². The molecule has 2 N–H and O–H groups in total. The van der Waals surface area contributed by atoms with Crippen LogP contribution in [-0.4, -0.2) is 25.0 Å². The molecule has 0 aromatic heterocycles. The van der Waals surface area contributed by atoms with E-state index in [4.69, 9.17) is 4.74 Å². The molecule has 2 aliphatic heterocycles. The van der Waals surface area contributed by atoms with Crippen LogP contribution >= 0.6 is 15.9 Å². The summed E-state index contributed by atoms with van der Waals surface area (Å²) in [6, 6.07) is 24.3. The Labute approximate surface area is 188 Å². The first-order chi connectivity index (χ1) is 15.1. The fourth-order valence-corrected chi connectivity index (χ4v) is 5.47. The summed E-state index contributed by atoms with van der Waals surface area (Å²) in [5, 5.41) is 6.56. The average molecular weight is 477 g/mol. The number of benzene rings is 3. The fourth-order valence-electron chi connectivity index (χ4n) is 5.21. The second-order valence-corrected chi connectivity index (χ2v) is 8.82. The SMILES string of the molecule is COC(=O)[C@@H]1N[C@H](c2ccc(Br)cc2)[C@]2(C(=O)Nc3ccccc32)[C@H]1c1ccccc1. The number of hydrogen-bond donors (Lipinski definition) is 2. The number of esters is 1. The molecule has 0 radical (unpaired) electrons. The average Bonchev–Trinajstić information content (AvgIpc) is 3.31. The first-order valence-corrected chi connectivity index (χ1v) is 10.9. The number of rotatable bonds is 3. The van der Waals surface area contributed by atoms with Crippen LogP contribution in [0.5, 0.6) is 0 Å². The number of methoxy groups -OCH3 is 1. The van der Waals surface area contributed by atoms with Gasteiger partial charge in [0.1, 0.15) is 11.5 Å². The minimum atomic E-state index is -1.01. The Morgan fingerprint density at radius 1 is 0.935 bits per heavy atom. The summed E-state index contributed by atoms with van der Waals surface area (Å²) in [5.74, 6) is -0.946. The lowest BCUT2D eigenvalue weighted by Gasteiger charge is -2.35. The van der Waals surface area contributed by atoms with Crippen LogP contribution in [-0.2, 0) is 19.7 Å². The minimum absolute atomic E-state index is 0.116. The van der Waals surface area contributed by atoms with Crippen molar-refractivity contribution in [1.29, 1.82) is 0 Å². The van der Waals surface area contributed by atoms with Gasteiger partial charge >= 0.3 is 5.97 Å². The van der Waals surface area contributed by atoms with Crippen molar-refractivity contribution in [2.75, 3.05) is 12.4 Å². The lowest BCUT2D eigenvalue weighted by Crippen LogP contribution is -2.44. The number of anilines is 1. The molecule has 5 rings (SSSR count). The Hall–Kier alpha value is -2.96. The summed E-state index contributed by atoms with van der Waals surface area (Å²) >= 11 is 3.49. The maximum Gasteiger partial charge on any atom is 0.323 e. The zero-order chi connectivity index (χ0) is 21.6. The van der Waals surface area contributed by atoms with Gasteiger partial charge in [-0.25, -0.2) is 0 Å². The van der Waals surface area contributed by atoms with Crippen molar-refractivity contribution in [2.45, 2.75) is 23.4 Å². The number of hydrogen-bond acceptors (Lipinski definition) is 4. The number of halogens is 1. The molecule has 1 fully saturated rings. The van der Waals surface area contributed by atoms with E-state index in [1.165, 1.54) is 7.11 Å². The van der Waals surface area contributed by atoms with Crippen LogP contribution in [0.25, 0.3) is 0 Å². The van der Waals surface area contributed by atoms with Crippen molar-refractivity contribution in [3.8, 4) is 0 Å². The van der Waals surface area contributed by atoms with Crippen molar-refractivity contribution >= 4 is 33.5 Å². The third kappa shape index (κ3) is 2.93. The molecule has 2 heterocycles.